The monoisotopic (exact) mass is 420 g/mol. The van der Waals surface area contributed by atoms with Crippen molar-refractivity contribution in [2.45, 2.75) is 44.8 Å². The minimum Gasteiger partial charge on any atom is -0.489 e. The van der Waals surface area contributed by atoms with Crippen LogP contribution in [0, 0.1) is 0 Å². The maximum absolute atomic E-state index is 6.52. The van der Waals surface area contributed by atoms with Crippen LogP contribution in [0.3, 0.4) is 0 Å². The Morgan fingerprint density at radius 2 is 1.68 bits per heavy atom. The number of aromatic nitrogens is 2. The third kappa shape index (κ3) is 5.07. The minimum absolute atomic E-state index is 0.161. The van der Waals surface area contributed by atoms with Crippen LogP contribution < -0.4 is 9.64 Å². The van der Waals surface area contributed by atoms with Crippen LogP contribution in [0.1, 0.15) is 37.7 Å². The molecule has 0 saturated carbocycles. The number of ether oxygens (including phenoxy) is 1. The number of rotatable bonds is 5. The molecule has 2 aliphatic rings. The predicted molar refractivity (Wildman–Crippen MR) is 113 cm³/mol. The second-order valence-corrected chi connectivity index (χ2v) is 8.45. The van der Waals surface area contributed by atoms with Gasteiger partial charge in [0, 0.05) is 32.5 Å². The molecule has 3 heterocycles. The maximum atomic E-state index is 6.52. The van der Waals surface area contributed by atoms with E-state index in [1.54, 1.807) is 12.4 Å². The van der Waals surface area contributed by atoms with Crippen LogP contribution in [-0.4, -0.2) is 47.2 Å². The molecule has 1 aromatic carbocycles. The van der Waals surface area contributed by atoms with Crippen LogP contribution in [-0.2, 0) is 6.54 Å². The molecular weight excluding hydrogens is 395 g/mol. The van der Waals surface area contributed by atoms with Gasteiger partial charge < -0.3 is 9.64 Å². The number of hydrogen-bond acceptors (Lipinski definition) is 5. The van der Waals surface area contributed by atoms with E-state index >= 15 is 0 Å². The lowest BCUT2D eigenvalue weighted by Crippen LogP contribution is -2.39. The average Bonchev–Trinajstić information content (AvgIpc) is 2.72. The fraction of sp³-hybridized carbons (Fsp3) is 0.524. The van der Waals surface area contributed by atoms with Crippen molar-refractivity contribution in [2.24, 2.45) is 0 Å². The maximum Gasteiger partial charge on any atom is 0.225 e. The standard InChI is InChI=1S/C21H26Cl2N4O/c22-17-13-24-21(25-14-17)27-10-6-18(7-11-27)28-20-5-4-16(12-19(20)23)15-26-8-2-1-3-9-26/h4-5,12-14,18H,1-3,6-11,15H2. The van der Waals surface area contributed by atoms with Crippen molar-refractivity contribution in [3.8, 4) is 5.75 Å². The van der Waals surface area contributed by atoms with Gasteiger partial charge in [-0.1, -0.05) is 35.7 Å². The first kappa shape index (κ1) is 19.7. The summed E-state index contributed by atoms with van der Waals surface area (Å²) in [4.78, 5) is 13.3. The van der Waals surface area contributed by atoms with E-state index < -0.39 is 0 Å². The number of nitrogens with zero attached hydrogens (tertiary/aromatic N) is 4. The van der Waals surface area contributed by atoms with E-state index in [1.165, 1.54) is 37.9 Å². The third-order valence-corrected chi connectivity index (χ3v) is 5.97. The molecule has 2 aliphatic heterocycles. The molecule has 0 radical (unpaired) electrons. The Morgan fingerprint density at radius 1 is 0.964 bits per heavy atom. The fourth-order valence-electron chi connectivity index (χ4n) is 3.94. The lowest BCUT2D eigenvalue weighted by molar-refractivity contribution is 0.170. The van der Waals surface area contributed by atoms with Gasteiger partial charge in [0.1, 0.15) is 11.9 Å². The number of halogens is 2. The van der Waals surface area contributed by atoms with Crippen LogP contribution in [0.15, 0.2) is 30.6 Å². The van der Waals surface area contributed by atoms with Gasteiger partial charge >= 0.3 is 0 Å². The summed E-state index contributed by atoms with van der Waals surface area (Å²) in [6, 6.07) is 6.23. The molecule has 5 nitrogen and oxygen atoms in total. The summed E-state index contributed by atoms with van der Waals surface area (Å²) in [5.74, 6) is 1.51. The fourth-order valence-corrected chi connectivity index (χ4v) is 4.28. The Kier molecular flexibility index (Phi) is 6.55. The first-order chi connectivity index (χ1) is 13.7. The van der Waals surface area contributed by atoms with Crippen molar-refractivity contribution in [2.75, 3.05) is 31.1 Å². The van der Waals surface area contributed by atoms with Crippen molar-refractivity contribution >= 4 is 29.2 Å². The third-order valence-electron chi connectivity index (χ3n) is 5.48. The molecule has 2 fully saturated rings. The predicted octanol–water partition coefficient (Wildman–Crippen LogP) is 4.82. The number of benzene rings is 1. The summed E-state index contributed by atoms with van der Waals surface area (Å²) in [6.45, 7) is 5.06. The van der Waals surface area contributed by atoms with Gasteiger partial charge in [0.15, 0.2) is 0 Å². The molecule has 2 saturated heterocycles. The van der Waals surface area contributed by atoms with Crippen molar-refractivity contribution < 1.29 is 4.74 Å². The summed E-state index contributed by atoms with van der Waals surface area (Å²) < 4.78 is 6.20. The molecule has 2 aromatic rings. The largest absolute Gasteiger partial charge is 0.489 e. The number of anilines is 1. The highest BCUT2D eigenvalue weighted by molar-refractivity contribution is 6.32. The first-order valence-electron chi connectivity index (χ1n) is 10.1. The Hall–Kier alpha value is -1.56. The van der Waals surface area contributed by atoms with E-state index in [1.807, 2.05) is 6.07 Å². The van der Waals surface area contributed by atoms with Gasteiger partial charge in [-0.05, 0) is 43.6 Å². The highest BCUT2D eigenvalue weighted by Gasteiger charge is 2.23. The van der Waals surface area contributed by atoms with Crippen LogP contribution in [0.4, 0.5) is 5.95 Å². The van der Waals surface area contributed by atoms with Crippen LogP contribution >= 0.6 is 23.2 Å². The summed E-state index contributed by atoms with van der Waals surface area (Å²) in [6.07, 6.45) is 9.22. The molecule has 0 aliphatic carbocycles. The van der Waals surface area contributed by atoms with Crippen molar-refractivity contribution in [3.63, 3.8) is 0 Å². The molecule has 7 heteroatoms. The van der Waals surface area contributed by atoms with Crippen LogP contribution in [0.5, 0.6) is 5.75 Å². The quantitative estimate of drug-likeness (QED) is 0.693. The van der Waals surface area contributed by atoms with Gasteiger partial charge in [-0.15, -0.1) is 0 Å². The van der Waals surface area contributed by atoms with E-state index in [4.69, 9.17) is 27.9 Å². The molecule has 0 N–H and O–H groups in total. The molecule has 0 atom stereocenters. The molecule has 28 heavy (non-hydrogen) atoms. The molecule has 150 valence electrons. The van der Waals surface area contributed by atoms with Gasteiger partial charge in [-0.25, -0.2) is 9.97 Å². The number of piperidine rings is 2. The average molecular weight is 421 g/mol. The molecule has 4 rings (SSSR count). The van der Waals surface area contributed by atoms with E-state index in [0.717, 1.165) is 44.2 Å². The van der Waals surface area contributed by atoms with Crippen molar-refractivity contribution in [1.29, 1.82) is 0 Å². The number of hydrogen-bond donors (Lipinski definition) is 0. The Labute approximate surface area is 176 Å². The molecule has 0 spiro atoms. The van der Waals surface area contributed by atoms with Gasteiger partial charge in [0.25, 0.3) is 0 Å². The summed E-state index contributed by atoms with van der Waals surface area (Å²) >= 11 is 12.4. The Morgan fingerprint density at radius 3 is 2.36 bits per heavy atom. The lowest BCUT2D eigenvalue weighted by Gasteiger charge is -2.32. The molecule has 0 amide bonds. The minimum atomic E-state index is 0.161. The molecule has 0 unspecified atom stereocenters. The van der Waals surface area contributed by atoms with Crippen molar-refractivity contribution in [1.82, 2.24) is 14.9 Å². The van der Waals surface area contributed by atoms with Gasteiger partial charge in [-0.3, -0.25) is 4.90 Å². The summed E-state index contributed by atoms with van der Waals surface area (Å²) in [7, 11) is 0. The molecular formula is C21H26Cl2N4O. The Balaban J connectivity index is 1.30. The van der Waals surface area contributed by atoms with Gasteiger partial charge in [0.2, 0.25) is 5.95 Å². The SMILES string of the molecule is Clc1cnc(N2CCC(Oc3ccc(CN4CCCCC4)cc3Cl)CC2)nc1. The lowest BCUT2D eigenvalue weighted by atomic mass is 10.1. The summed E-state index contributed by atoms with van der Waals surface area (Å²) in [5, 5.41) is 1.26. The normalized spacial score (nSPS) is 19.0. The second-order valence-electron chi connectivity index (χ2n) is 7.61. The zero-order chi connectivity index (χ0) is 19.3. The highest BCUT2D eigenvalue weighted by Crippen LogP contribution is 2.29. The number of likely N-dealkylation sites (tertiary alicyclic amines) is 1. The van der Waals surface area contributed by atoms with Crippen LogP contribution in [0.25, 0.3) is 0 Å². The van der Waals surface area contributed by atoms with E-state index in [2.05, 4.69) is 31.9 Å². The van der Waals surface area contributed by atoms with E-state index in [-0.39, 0.29) is 6.10 Å². The first-order valence-corrected chi connectivity index (χ1v) is 10.8. The smallest absolute Gasteiger partial charge is 0.225 e. The summed E-state index contributed by atoms with van der Waals surface area (Å²) in [5.41, 5.74) is 1.26. The Bertz CT molecular complexity index is 772. The zero-order valence-corrected chi connectivity index (χ0v) is 17.5. The molecule has 0 bridgehead atoms. The van der Waals surface area contributed by atoms with Crippen LogP contribution in [0.2, 0.25) is 10.0 Å². The molecule has 1 aromatic heterocycles. The second kappa shape index (κ2) is 9.29. The van der Waals surface area contributed by atoms with E-state index in [9.17, 15) is 0 Å². The highest BCUT2D eigenvalue weighted by atomic mass is 35.5. The topological polar surface area (TPSA) is 41.5 Å². The van der Waals surface area contributed by atoms with Gasteiger partial charge in [0.05, 0.1) is 22.4 Å². The van der Waals surface area contributed by atoms with Crippen molar-refractivity contribution in [3.05, 3.63) is 46.2 Å². The zero-order valence-electron chi connectivity index (χ0n) is 16.0. The van der Waals surface area contributed by atoms with E-state index in [0.29, 0.717) is 10.0 Å². The van der Waals surface area contributed by atoms with Gasteiger partial charge in [-0.2, -0.15) is 0 Å².